The predicted molar refractivity (Wildman–Crippen MR) is 84.4 cm³/mol. The third-order valence-corrected chi connectivity index (χ3v) is 6.30. The topological polar surface area (TPSA) is 0 Å². The maximum Gasteiger partial charge on any atom is 0.0446 e. The van der Waals surface area contributed by atoms with Gasteiger partial charge in [0.2, 0.25) is 0 Å². The summed E-state index contributed by atoms with van der Waals surface area (Å²) in [7, 11) is 0. The second-order valence-electron chi connectivity index (χ2n) is 4.42. The summed E-state index contributed by atoms with van der Waals surface area (Å²) in [5.74, 6) is 2.20. The van der Waals surface area contributed by atoms with Gasteiger partial charge in [0, 0.05) is 21.9 Å². The Kier molecular flexibility index (Phi) is 6.98. The summed E-state index contributed by atoms with van der Waals surface area (Å²) in [6.07, 6.45) is 2.45. The molecule has 0 atom stereocenters. The summed E-state index contributed by atoms with van der Waals surface area (Å²) < 4.78 is 0. The lowest BCUT2D eigenvalue weighted by Gasteiger charge is -2.29. The maximum absolute atomic E-state index is 6.15. The zero-order valence-corrected chi connectivity index (χ0v) is 13.7. The van der Waals surface area contributed by atoms with Crippen LogP contribution in [0.4, 0.5) is 0 Å². The van der Waals surface area contributed by atoms with Crippen LogP contribution in [-0.2, 0) is 5.75 Å². The molecule has 0 saturated heterocycles. The highest BCUT2D eigenvalue weighted by atomic mass is 79.9. The molecule has 0 unspecified atom stereocenters. The third kappa shape index (κ3) is 4.50. The van der Waals surface area contributed by atoms with Gasteiger partial charge in [-0.3, -0.25) is 0 Å². The van der Waals surface area contributed by atoms with Crippen LogP contribution in [-0.4, -0.2) is 11.1 Å². The van der Waals surface area contributed by atoms with Gasteiger partial charge in [-0.1, -0.05) is 59.6 Å². The van der Waals surface area contributed by atoms with Crippen molar-refractivity contribution in [2.45, 2.75) is 32.4 Å². The van der Waals surface area contributed by atoms with Crippen molar-refractivity contribution in [1.82, 2.24) is 0 Å². The van der Waals surface area contributed by atoms with Crippen LogP contribution in [0.25, 0.3) is 0 Å². The average Bonchev–Trinajstić information content (AvgIpc) is 2.37. The van der Waals surface area contributed by atoms with Crippen LogP contribution in [0.15, 0.2) is 24.3 Å². The Balaban J connectivity index is 2.49. The van der Waals surface area contributed by atoms with Crippen molar-refractivity contribution < 1.29 is 0 Å². The van der Waals surface area contributed by atoms with E-state index in [4.69, 9.17) is 11.6 Å². The van der Waals surface area contributed by atoms with Crippen LogP contribution >= 0.6 is 39.3 Å². The Labute approximate surface area is 123 Å². The van der Waals surface area contributed by atoms with Crippen molar-refractivity contribution in [1.29, 1.82) is 0 Å². The molecule has 0 bridgehead atoms. The van der Waals surface area contributed by atoms with Crippen LogP contribution in [0.2, 0.25) is 5.02 Å². The fourth-order valence-corrected chi connectivity index (χ4v) is 4.73. The van der Waals surface area contributed by atoms with Crippen LogP contribution in [0, 0.1) is 5.41 Å². The normalized spacial score (nSPS) is 11.8. The molecule has 1 rings (SSSR count). The summed E-state index contributed by atoms with van der Waals surface area (Å²) in [4.78, 5) is 0. The molecule has 0 amide bonds. The first-order valence-corrected chi connectivity index (χ1v) is 8.70. The van der Waals surface area contributed by atoms with Gasteiger partial charge in [-0.05, 0) is 29.9 Å². The van der Waals surface area contributed by atoms with Gasteiger partial charge < -0.3 is 0 Å². The van der Waals surface area contributed by atoms with Gasteiger partial charge in [0.1, 0.15) is 0 Å². The van der Waals surface area contributed by atoms with E-state index in [1.54, 1.807) is 0 Å². The molecule has 0 saturated carbocycles. The number of hydrogen-bond donors (Lipinski definition) is 0. The molecular weight excluding hydrogens is 316 g/mol. The minimum atomic E-state index is 0.436. The molecule has 17 heavy (non-hydrogen) atoms. The summed E-state index contributed by atoms with van der Waals surface area (Å²) >= 11 is 11.8. The van der Waals surface area contributed by atoms with Gasteiger partial charge in [-0.15, -0.1) is 0 Å². The minimum Gasteiger partial charge on any atom is -0.157 e. The molecule has 1 aromatic carbocycles. The molecule has 3 heteroatoms. The first kappa shape index (κ1) is 15.4. The molecule has 96 valence electrons. The average molecular weight is 336 g/mol. The lowest BCUT2D eigenvalue weighted by atomic mass is 9.87. The number of hydrogen-bond acceptors (Lipinski definition) is 1. The molecule has 0 radical (unpaired) electrons. The molecule has 0 aromatic heterocycles. The Morgan fingerprint density at radius 3 is 2.41 bits per heavy atom. The fourth-order valence-electron chi connectivity index (χ4n) is 1.67. The molecule has 0 nitrogen and oxygen atoms in total. The SMILES string of the molecule is CCC(CC)(CBr)CSCc1ccccc1Cl. The number of benzene rings is 1. The van der Waals surface area contributed by atoms with E-state index in [2.05, 4.69) is 41.9 Å². The summed E-state index contributed by atoms with van der Waals surface area (Å²) in [5.41, 5.74) is 1.68. The zero-order valence-electron chi connectivity index (χ0n) is 10.5. The summed E-state index contributed by atoms with van der Waals surface area (Å²) in [5, 5.41) is 1.97. The van der Waals surface area contributed by atoms with Gasteiger partial charge in [-0.25, -0.2) is 0 Å². The van der Waals surface area contributed by atoms with Gasteiger partial charge in [0.25, 0.3) is 0 Å². The van der Waals surface area contributed by atoms with Gasteiger partial charge >= 0.3 is 0 Å². The van der Waals surface area contributed by atoms with Crippen LogP contribution in [0.5, 0.6) is 0 Å². The monoisotopic (exact) mass is 334 g/mol. The quantitative estimate of drug-likeness (QED) is 0.570. The van der Waals surface area contributed by atoms with Crippen molar-refractivity contribution in [3.05, 3.63) is 34.9 Å². The summed E-state index contributed by atoms with van der Waals surface area (Å²) in [6.45, 7) is 4.56. The molecule has 0 fully saturated rings. The minimum absolute atomic E-state index is 0.436. The van der Waals surface area contributed by atoms with E-state index in [1.807, 2.05) is 23.9 Å². The number of thioether (sulfide) groups is 1. The highest BCUT2D eigenvalue weighted by Crippen LogP contribution is 2.34. The number of alkyl halides is 1. The Hall–Kier alpha value is 0.340. The van der Waals surface area contributed by atoms with Crippen molar-refractivity contribution in [3.63, 3.8) is 0 Å². The lowest BCUT2D eigenvalue weighted by Crippen LogP contribution is -2.23. The molecule has 0 N–H and O–H groups in total. The standard InChI is InChI=1S/C14H20BrClS/c1-3-14(4-2,10-15)11-17-9-12-7-5-6-8-13(12)16/h5-8H,3-4,9-11H2,1-2H3. The van der Waals surface area contributed by atoms with Crippen molar-refractivity contribution in [3.8, 4) is 0 Å². The van der Waals surface area contributed by atoms with Crippen molar-refractivity contribution in [2.75, 3.05) is 11.1 Å². The smallest absolute Gasteiger partial charge is 0.0446 e. The third-order valence-electron chi connectivity index (χ3n) is 3.41. The molecule has 1 aromatic rings. The van der Waals surface area contributed by atoms with Gasteiger partial charge in [-0.2, -0.15) is 11.8 Å². The zero-order chi connectivity index (χ0) is 12.7. The van der Waals surface area contributed by atoms with E-state index in [0.717, 1.165) is 16.1 Å². The van der Waals surface area contributed by atoms with Crippen molar-refractivity contribution in [2.24, 2.45) is 5.41 Å². The van der Waals surface area contributed by atoms with E-state index in [1.165, 1.54) is 24.2 Å². The first-order valence-electron chi connectivity index (χ1n) is 6.04. The number of halogens is 2. The van der Waals surface area contributed by atoms with Crippen LogP contribution in [0.3, 0.4) is 0 Å². The Bertz CT molecular complexity index is 328. The first-order chi connectivity index (χ1) is 8.17. The maximum atomic E-state index is 6.15. The van der Waals surface area contributed by atoms with E-state index < -0.39 is 0 Å². The number of rotatable bonds is 7. The predicted octanol–water partition coefficient (Wildman–Crippen LogP) is 5.77. The second kappa shape index (κ2) is 7.70. The van der Waals surface area contributed by atoms with E-state index in [9.17, 15) is 0 Å². The lowest BCUT2D eigenvalue weighted by molar-refractivity contribution is 0.359. The highest BCUT2D eigenvalue weighted by molar-refractivity contribution is 9.09. The second-order valence-corrected chi connectivity index (χ2v) is 6.38. The van der Waals surface area contributed by atoms with E-state index in [0.29, 0.717) is 5.41 Å². The Morgan fingerprint density at radius 1 is 1.24 bits per heavy atom. The van der Waals surface area contributed by atoms with Crippen LogP contribution < -0.4 is 0 Å². The molecule has 0 aliphatic rings. The largest absolute Gasteiger partial charge is 0.157 e. The molecule has 0 aliphatic carbocycles. The summed E-state index contributed by atoms with van der Waals surface area (Å²) in [6, 6.07) is 8.12. The molecular formula is C14H20BrClS. The molecule has 0 heterocycles. The van der Waals surface area contributed by atoms with Gasteiger partial charge in [0.15, 0.2) is 0 Å². The van der Waals surface area contributed by atoms with Crippen LogP contribution in [0.1, 0.15) is 32.3 Å². The molecule has 0 spiro atoms. The fraction of sp³-hybridized carbons (Fsp3) is 0.571. The van der Waals surface area contributed by atoms with E-state index in [-0.39, 0.29) is 0 Å². The Morgan fingerprint density at radius 2 is 1.88 bits per heavy atom. The van der Waals surface area contributed by atoms with Crippen molar-refractivity contribution >= 4 is 39.3 Å². The molecule has 0 aliphatic heterocycles. The highest BCUT2D eigenvalue weighted by Gasteiger charge is 2.24. The van der Waals surface area contributed by atoms with E-state index >= 15 is 0 Å². The van der Waals surface area contributed by atoms with Gasteiger partial charge in [0.05, 0.1) is 0 Å².